The van der Waals surface area contributed by atoms with E-state index in [0.717, 1.165) is 12.8 Å². The molecule has 2 rings (SSSR count). The third kappa shape index (κ3) is 5.32. The van der Waals surface area contributed by atoms with Gasteiger partial charge in [0.15, 0.2) is 0 Å². The normalized spacial score (nSPS) is 14.3. The molecule has 1 N–H and O–H groups in total. The number of amides is 2. The number of nitrogens with one attached hydrogen (secondary N) is 1. The van der Waals surface area contributed by atoms with Crippen LogP contribution in [-0.2, 0) is 16.1 Å². The zero-order chi connectivity index (χ0) is 17.7. The Bertz CT molecular complexity index is 591. The van der Waals surface area contributed by atoms with Gasteiger partial charge in [-0.2, -0.15) is 0 Å². The van der Waals surface area contributed by atoms with E-state index < -0.39 is 5.41 Å². The van der Waals surface area contributed by atoms with E-state index in [1.165, 1.54) is 6.07 Å². The molecule has 0 radical (unpaired) electrons. The van der Waals surface area contributed by atoms with E-state index in [2.05, 4.69) is 5.32 Å². The van der Waals surface area contributed by atoms with E-state index in [4.69, 9.17) is 0 Å². The third-order valence-corrected chi connectivity index (χ3v) is 4.14. The van der Waals surface area contributed by atoms with Crippen molar-refractivity contribution in [2.45, 2.75) is 59.0 Å². The molecule has 1 aliphatic rings. The smallest absolute Gasteiger partial charge is 0.225 e. The Morgan fingerprint density at radius 3 is 2.50 bits per heavy atom. The van der Waals surface area contributed by atoms with E-state index in [1.54, 1.807) is 23.1 Å². The Morgan fingerprint density at radius 1 is 1.25 bits per heavy atom. The number of hydrogen-bond donors (Lipinski definition) is 1. The average molecular weight is 334 g/mol. The average Bonchev–Trinajstić information content (AvgIpc) is 3.34. The number of carbonyl (C=O) groups excluding carboxylic acids is 2. The van der Waals surface area contributed by atoms with Crippen LogP contribution in [0, 0.1) is 11.2 Å². The van der Waals surface area contributed by atoms with Crippen molar-refractivity contribution >= 4 is 11.8 Å². The molecule has 132 valence electrons. The summed E-state index contributed by atoms with van der Waals surface area (Å²) >= 11 is 0. The summed E-state index contributed by atoms with van der Waals surface area (Å²) in [6, 6.07) is 6.83. The molecule has 0 unspecified atom stereocenters. The van der Waals surface area contributed by atoms with Gasteiger partial charge in [-0.25, -0.2) is 4.39 Å². The van der Waals surface area contributed by atoms with Crippen molar-refractivity contribution in [3.63, 3.8) is 0 Å². The first-order chi connectivity index (χ1) is 11.3. The quantitative estimate of drug-likeness (QED) is 0.778. The van der Waals surface area contributed by atoms with Crippen LogP contribution in [0.3, 0.4) is 0 Å². The van der Waals surface area contributed by atoms with E-state index in [0.29, 0.717) is 31.5 Å². The highest BCUT2D eigenvalue weighted by Gasteiger charge is 2.32. The van der Waals surface area contributed by atoms with Crippen LogP contribution in [-0.4, -0.2) is 29.3 Å². The molecule has 1 saturated carbocycles. The van der Waals surface area contributed by atoms with Crippen molar-refractivity contribution in [2.24, 2.45) is 5.41 Å². The Labute approximate surface area is 143 Å². The Kier molecular flexibility index (Phi) is 5.97. The maximum absolute atomic E-state index is 13.8. The van der Waals surface area contributed by atoms with Crippen LogP contribution in [0.5, 0.6) is 0 Å². The maximum Gasteiger partial charge on any atom is 0.225 e. The SMILES string of the molecule is CC(C)(C)C(=O)NCCCC(=O)N(Cc1ccccc1F)C1CC1. The van der Waals surface area contributed by atoms with Gasteiger partial charge in [-0.05, 0) is 25.3 Å². The van der Waals surface area contributed by atoms with E-state index in [-0.39, 0.29) is 23.7 Å². The van der Waals surface area contributed by atoms with Crippen molar-refractivity contribution in [3.8, 4) is 0 Å². The summed E-state index contributed by atoms with van der Waals surface area (Å²) in [7, 11) is 0. The Morgan fingerprint density at radius 2 is 1.92 bits per heavy atom. The van der Waals surface area contributed by atoms with Crippen molar-refractivity contribution in [1.82, 2.24) is 10.2 Å². The summed E-state index contributed by atoms with van der Waals surface area (Å²) in [6.07, 6.45) is 2.94. The number of carbonyl (C=O) groups is 2. The van der Waals surface area contributed by atoms with Gasteiger partial charge in [-0.15, -0.1) is 0 Å². The molecule has 5 heteroatoms. The minimum atomic E-state index is -0.422. The van der Waals surface area contributed by atoms with Crippen molar-refractivity contribution in [2.75, 3.05) is 6.54 Å². The first kappa shape index (κ1) is 18.4. The van der Waals surface area contributed by atoms with E-state index in [9.17, 15) is 14.0 Å². The molecule has 2 amide bonds. The van der Waals surface area contributed by atoms with Gasteiger partial charge in [0.05, 0.1) is 0 Å². The van der Waals surface area contributed by atoms with Crippen LogP contribution < -0.4 is 5.32 Å². The standard InChI is InChI=1S/C19H27FN2O2/c1-19(2,3)18(24)21-12-6-9-17(23)22(15-10-11-15)13-14-7-4-5-8-16(14)20/h4-5,7-8,15H,6,9-13H2,1-3H3,(H,21,24). The van der Waals surface area contributed by atoms with E-state index in [1.807, 2.05) is 20.8 Å². The fourth-order valence-corrected chi connectivity index (χ4v) is 2.47. The summed E-state index contributed by atoms with van der Waals surface area (Å²) in [5.74, 6) is -0.250. The number of hydrogen-bond acceptors (Lipinski definition) is 2. The van der Waals surface area contributed by atoms with Gasteiger partial charge >= 0.3 is 0 Å². The van der Waals surface area contributed by atoms with Crippen LogP contribution in [0.15, 0.2) is 24.3 Å². The molecular formula is C19H27FN2O2. The minimum absolute atomic E-state index is 0.0136. The fourth-order valence-electron chi connectivity index (χ4n) is 2.47. The second-order valence-electron chi connectivity index (χ2n) is 7.45. The molecule has 0 bridgehead atoms. The lowest BCUT2D eigenvalue weighted by atomic mass is 9.96. The van der Waals surface area contributed by atoms with Gasteiger partial charge in [-0.1, -0.05) is 39.0 Å². The second-order valence-corrected chi connectivity index (χ2v) is 7.45. The Hall–Kier alpha value is -1.91. The number of benzene rings is 1. The summed E-state index contributed by atoms with van der Waals surface area (Å²) in [5.41, 5.74) is 0.133. The van der Waals surface area contributed by atoms with Crippen LogP contribution >= 0.6 is 0 Å². The fraction of sp³-hybridized carbons (Fsp3) is 0.579. The number of rotatable bonds is 7. The molecule has 1 fully saturated rings. The summed E-state index contributed by atoms with van der Waals surface area (Å²) < 4.78 is 13.8. The second kappa shape index (κ2) is 7.77. The molecule has 0 aliphatic heterocycles. The zero-order valence-corrected chi connectivity index (χ0v) is 14.8. The lowest BCUT2D eigenvalue weighted by Crippen LogP contribution is -2.36. The van der Waals surface area contributed by atoms with Crippen LogP contribution in [0.4, 0.5) is 4.39 Å². The summed E-state index contributed by atoms with van der Waals surface area (Å²) in [6.45, 7) is 6.38. The lowest BCUT2D eigenvalue weighted by molar-refractivity contribution is -0.133. The van der Waals surface area contributed by atoms with Crippen LogP contribution in [0.2, 0.25) is 0 Å². The largest absolute Gasteiger partial charge is 0.356 e. The molecule has 0 atom stereocenters. The van der Waals surface area contributed by atoms with Gasteiger partial charge in [0.1, 0.15) is 5.82 Å². The highest BCUT2D eigenvalue weighted by molar-refractivity contribution is 5.81. The third-order valence-electron chi connectivity index (χ3n) is 4.14. The molecule has 24 heavy (non-hydrogen) atoms. The van der Waals surface area contributed by atoms with E-state index >= 15 is 0 Å². The molecule has 0 aromatic heterocycles. The Balaban J connectivity index is 1.82. The van der Waals surface area contributed by atoms with Crippen LogP contribution in [0.1, 0.15) is 52.0 Å². The van der Waals surface area contributed by atoms with Crippen molar-refractivity contribution < 1.29 is 14.0 Å². The lowest BCUT2D eigenvalue weighted by Gasteiger charge is -2.23. The van der Waals surface area contributed by atoms with Crippen molar-refractivity contribution in [3.05, 3.63) is 35.6 Å². The van der Waals surface area contributed by atoms with Gasteiger partial charge in [0.25, 0.3) is 0 Å². The van der Waals surface area contributed by atoms with Gasteiger partial charge < -0.3 is 10.2 Å². The first-order valence-corrected chi connectivity index (χ1v) is 8.60. The molecule has 0 saturated heterocycles. The van der Waals surface area contributed by atoms with Gasteiger partial charge in [0.2, 0.25) is 11.8 Å². The summed E-state index contributed by atoms with van der Waals surface area (Å²) in [4.78, 5) is 26.0. The highest BCUT2D eigenvalue weighted by Crippen LogP contribution is 2.29. The molecule has 1 aliphatic carbocycles. The number of halogens is 1. The molecule has 0 spiro atoms. The minimum Gasteiger partial charge on any atom is -0.356 e. The van der Waals surface area contributed by atoms with Crippen molar-refractivity contribution in [1.29, 1.82) is 0 Å². The summed E-state index contributed by atoms with van der Waals surface area (Å²) in [5, 5.41) is 2.85. The molecule has 1 aromatic carbocycles. The topological polar surface area (TPSA) is 49.4 Å². The predicted octanol–water partition coefficient (Wildman–Crippen LogP) is 3.26. The molecule has 0 heterocycles. The first-order valence-electron chi connectivity index (χ1n) is 8.60. The molecule has 4 nitrogen and oxygen atoms in total. The van der Waals surface area contributed by atoms with Crippen LogP contribution in [0.25, 0.3) is 0 Å². The van der Waals surface area contributed by atoms with Gasteiger partial charge in [-0.3, -0.25) is 9.59 Å². The maximum atomic E-state index is 13.8. The zero-order valence-electron chi connectivity index (χ0n) is 14.8. The molecule has 1 aromatic rings. The predicted molar refractivity (Wildman–Crippen MR) is 91.7 cm³/mol. The highest BCUT2D eigenvalue weighted by atomic mass is 19.1. The molecular weight excluding hydrogens is 307 g/mol. The van der Waals surface area contributed by atoms with Gasteiger partial charge in [0, 0.05) is 36.5 Å². The monoisotopic (exact) mass is 334 g/mol. The number of nitrogens with zero attached hydrogens (tertiary/aromatic N) is 1.